The Hall–Kier alpha value is -3.37. The summed E-state index contributed by atoms with van der Waals surface area (Å²) in [4.78, 5) is 28.1. The molecule has 1 fully saturated rings. The van der Waals surface area contributed by atoms with Crippen LogP contribution in [0.1, 0.15) is 40.0 Å². The third-order valence-corrected chi connectivity index (χ3v) is 6.77. The molecule has 2 atom stereocenters. The predicted octanol–water partition coefficient (Wildman–Crippen LogP) is 5.25. The van der Waals surface area contributed by atoms with Crippen LogP contribution in [0, 0.1) is 17.2 Å². The molecule has 3 aromatic carbocycles. The highest BCUT2D eigenvalue weighted by Gasteiger charge is 2.42. The maximum Gasteiger partial charge on any atom is 0.312 e. The summed E-state index contributed by atoms with van der Waals surface area (Å²) in [6, 6.07) is 23.0. The molecule has 1 saturated heterocycles. The number of benzene rings is 3. The van der Waals surface area contributed by atoms with Gasteiger partial charge in [-0.15, -0.1) is 0 Å². The first-order chi connectivity index (χ1) is 17.4. The first kappa shape index (κ1) is 25.7. The first-order valence-corrected chi connectivity index (χ1v) is 12.4. The van der Waals surface area contributed by atoms with Gasteiger partial charge in [-0.25, -0.2) is 0 Å². The minimum atomic E-state index is -0.547. The zero-order chi connectivity index (χ0) is 25.7. The summed E-state index contributed by atoms with van der Waals surface area (Å²) in [5, 5.41) is 13.3. The number of esters is 1. The molecular formula is C28H25Cl2N3O3. The van der Waals surface area contributed by atoms with Gasteiger partial charge in [0.2, 0.25) is 0 Å². The van der Waals surface area contributed by atoms with E-state index in [4.69, 9.17) is 33.2 Å². The zero-order valence-corrected chi connectivity index (χ0v) is 21.2. The average Bonchev–Trinajstić information content (AvgIpc) is 3.30. The minimum Gasteiger partial charge on any atom is -0.466 e. The fourth-order valence-electron chi connectivity index (χ4n) is 4.53. The highest BCUT2D eigenvalue weighted by atomic mass is 35.5. The molecule has 4 rings (SSSR count). The van der Waals surface area contributed by atoms with Crippen LogP contribution in [-0.2, 0) is 9.53 Å². The van der Waals surface area contributed by atoms with Crippen molar-refractivity contribution >= 4 is 35.1 Å². The van der Waals surface area contributed by atoms with Crippen molar-refractivity contribution in [2.24, 2.45) is 5.92 Å². The van der Waals surface area contributed by atoms with E-state index in [1.54, 1.807) is 31.2 Å². The summed E-state index contributed by atoms with van der Waals surface area (Å²) < 4.78 is 5.36. The third-order valence-electron chi connectivity index (χ3n) is 6.27. The summed E-state index contributed by atoms with van der Waals surface area (Å²) in [5.41, 5.74) is 2.89. The van der Waals surface area contributed by atoms with Crippen molar-refractivity contribution in [1.82, 2.24) is 10.2 Å². The summed E-state index contributed by atoms with van der Waals surface area (Å²) in [6.45, 7) is 2.84. The molecule has 184 valence electrons. The monoisotopic (exact) mass is 521 g/mol. The number of carbonyl (C=O) groups excluding carboxylic acids is 2. The summed E-state index contributed by atoms with van der Waals surface area (Å²) in [5.74, 6) is -1.21. The molecule has 1 N–H and O–H groups in total. The topological polar surface area (TPSA) is 82.4 Å². The molecule has 36 heavy (non-hydrogen) atoms. The molecule has 0 radical (unpaired) electrons. The lowest BCUT2D eigenvalue weighted by Crippen LogP contribution is -2.43. The molecule has 0 saturated carbocycles. The van der Waals surface area contributed by atoms with E-state index in [1.807, 2.05) is 54.6 Å². The molecule has 0 bridgehead atoms. The number of likely N-dealkylation sites (tertiary alicyclic amines) is 1. The Morgan fingerprint density at radius 2 is 1.53 bits per heavy atom. The normalized spacial score (nSPS) is 17.5. The second-order valence-electron chi connectivity index (χ2n) is 8.59. The van der Waals surface area contributed by atoms with Crippen LogP contribution in [0.5, 0.6) is 0 Å². The zero-order valence-electron chi connectivity index (χ0n) is 19.7. The Labute approximate surface area is 220 Å². The van der Waals surface area contributed by atoms with Gasteiger partial charge >= 0.3 is 5.97 Å². The average molecular weight is 522 g/mol. The molecule has 1 amide bonds. The van der Waals surface area contributed by atoms with E-state index in [9.17, 15) is 9.59 Å². The minimum absolute atomic E-state index is 0.187. The maximum absolute atomic E-state index is 13.0. The predicted molar refractivity (Wildman–Crippen MR) is 139 cm³/mol. The standard InChI is InChI=1S/C28H25Cl2N3O3/c1-2-36-28(35)24-16-33(17-25(24)32-27(34)21-5-3-18(15-31)4-6-21)26(19-7-11-22(29)12-8-19)20-9-13-23(30)14-10-20/h3-14,24-26H,2,16-17H2,1H3,(H,32,34). The second kappa shape index (κ2) is 11.6. The second-order valence-corrected chi connectivity index (χ2v) is 9.46. The lowest BCUT2D eigenvalue weighted by atomic mass is 9.97. The van der Waals surface area contributed by atoms with Crippen LogP contribution >= 0.6 is 23.2 Å². The molecule has 0 spiro atoms. The quantitative estimate of drug-likeness (QED) is 0.429. The lowest BCUT2D eigenvalue weighted by Gasteiger charge is -2.29. The Morgan fingerprint density at radius 3 is 2.03 bits per heavy atom. The number of nitrogens with one attached hydrogen (secondary N) is 1. The third kappa shape index (κ3) is 5.88. The molecule has 1 aliphatic heterocycles. The van der Waals surface area contributed by atoms with Crippen LogP contribution in [0.4, 0.5) is 0 Å². The van der Waals surface area contributed by atoms with Crippen molar-refractivity contribution in [2.45, 2.75) is 19.0 Å². The number of halogens is 2. The van der Waals surface area contributed by atoms with Crippen molar-refractivity contribution < 1.29 is 14.3 Å². The van der Waals surface area contributed by atoms with Gasteiger partial charge in [-0.3, -0.25) is 14.5 Å². The number of hydrogen-bond donors (Lipinski definition) is 1. The van der Waals surface area contributed by atoms with Crippen molar-refractivity contribution in [3.63, 3.8) is 0 Å². The van der Waals surface area contributed by atoms with Gasteiger partial charge in [-0.2, -0.15) is 5.26 Å². The molecule has 2 unspecified atom stereocenters. The van der Waals surface area contributed by atoms with Crippen LogP contribution in [-0.4, -0.2) is 42.5 Å². The van der Waals surface area contributed by atoms with Crippen molar-refractivity contribution in [3.8, 4) is 6.07 Å². The largest absolute Gasteiger partial charge is 0.466 e. The van der Waals surface area contributed by atoms with Gasteiger partial charge in [0, 0.05) is 28.7 Å². The molecule has 1 heterocycles. The van der Waals surface area contributed by atoms with Gasteiger partial charge in [-0.1, -0.05) is 47.5 Å². The van der Waals surface area contributed by atoms with Gasteiger partial charge < -0.3 is 10.1 Å². The Bertz CT molecular complexity index is 1210. The highest BCUT2D eigenvalue weighted by molar-refractivity contribution is 6.30. The Kier molecular flexibility index (Phi) is 8.27. The Balaban J connectivity index is 1.64. The van der Waals surface area contributed by atoms with Gasteiger partial charge in [0.1, 0.15) is 0 Å². The fourth-order valence-corrected chi connectivity index (χ4v) is 4.78. The van der Waals surface area contributed by atoms with Crippen LogP contribution in [0.25, 0.3) is 0 Å². The molecule has 0 aromatic heterocycles. The van der Waals surface area contributed by atoms with E-state index < -0.39 is 12.0 Å². The number of rotatable bonds is 7. The fraction of sp³-hybridized carbons (Fsp3) is 0.250. The molecule has 8 heteroatoms. The smallest absolute Gasteiger partial charge is 0.312 e. The molecule has 1 aliphatic rings. The van der Waals surface area contributed by atoms with Gasteiger partial charge in [0.15, 0.2) is 0 Å². The number of nitriles is 1. The summed E-state index contributed by atoms with van der Waals surface area (Å²) in [7, 11) is 0. The Morgan fingerprint density at radius 1 is 0.972 bits per heavy atom. The van der Waals surface area contributed by atoms with E-state index in [2.05, 4.69) is 10.2 Å². The number of amides is 1. The molecule has 3 aromatic rings. The molecular weight excluding hydrogens is 497 g/mol. The first-order valence-electron chi connectivity index (χ1n) is 11.6. The van der Waals surface area contributed by atoms with Gasteiger partial charge in [0.25, 0.3) is 5.91 Å². The van der Waals surface area contributed by atoms with E-state index in [0.717, 1.165) is 11.1 Å². The van der Waals surface area contributed by atoms with Gasteiger partial charge in [-0.05, 0) is 66.6 Å². The number of ether oxygens (including phenoxy) is 1. The van der Waals surface area contributed by atoms with E-state index >= 15 is 0 Å². The van der Waals surface area contributed by atoms with Crippen LogP contribution in [0.2, 0.25) is 10.0 Å². The van der Waals surface area contributed by atoms with Crippen LogP contribution in [0.3, 0.4) is 0 Å². The van der Waals surface area contributed by atoms with E-state index in [-0.39, 0.29) is 24.5 Å². The summed E-state index contributed by atoms with van der Waals surface area (Å²) in [6.07, 6.45) is 0. The maximum atomic E-state index is 13.0. The van der Waals surface area contributed by atoms with Crippen molar-refractivity contribution in [2.75, 3.05) is 19.7 Å². The number of nitrogens with zero attached hydrogens (tertiary/aromatic N) is 2. The van der Waals surface area contributed by atoms with Crippen molar-refractivity contribution in [3.05, 3.63) is 105 Å². The van der Waals surface area contributed by atoms with Crippen molar-refractivity contribution in [1.29, 1.82) is 5.26 Å². The van der Waals surface area contributed by atoms with Crippen LogP contribution < -0.4 is 5.32 Å². The van der Waals surface area contributed by atoms with Gasteiger partial charge in [0.05, 0.1) is 36.2 Å². The van der Waals surface area contributed by atoms with Crippen LogP contribution in [0.15, 0.2) is 72.8 Å². The molecule has 6 nitrogen and oxygen atoms in total. The lowest BCUT2D eigenvalue weighted by molar-refractivity contribution is -0.148. The summed E-state index contributed by atoms with van der Waals surface area (Å²) >= 11 is 12.3. The highest BCUT2D eigenvalue weighted by Crippen LogP contribution is 2.35. The SMILES string of the molecule is CCOC(=O)C1CN(C(c2ccc(Cl)cc2)c2ccc(Cl)cc2)CC1NC(=O)c1ccc(C#N)cc1. The van der Waals surface area contributed by atoms with E-state index in [1.165, 1.54) is 0 Å². The molecule has 0 aliphatic carbocycles. The number of carbonyl (C=O) groups is 2. The van der Waals surface area contributed by atoms with E-state index in [0.29, 0.717) is 34.3 Å². The number of hydrogen-bond acceptors (Lipinski definition) is 5.